The van der Waals surface area contributed by atoms with Crippen molar-refractivity contribution in [2.45, 2.75) is 18.9 Å². The third-order valence-corrected chi connectivity index (χ3v) is 4.30. The van der Waals surface area contributed by atoms with Crippen molar-refractivity contribution in [2.24, 2.45) is 5.73 Å². The van der Waals surface area contributed by atoms with Gasteiger partial charge in [0.2, 0.25) is 0 Å². The smallest absolute Gasteiger partial charge is 0.341 e. The maximum atomic E-state index is 12.2. The number of nitrogens with zero attached hydrogens (tertiary/aromatic N) is 3. The number of hydrogen-bond donors (Lipinski definition) is 1. The third-order valence-electron chi connectivity index (χ3n) is 3.98. The van der Waals surface area contributed by atoms with Crippen molar-refractivity contribution < 1.29 is 14.3 Å². The van der Waals surface area contributed by atoms with Gasteiger partial charge in [-0.15, -0.1) is 0 Å². The Morgan fingerprint density at radius 2 is 2.17 bits per heavy atom. The Kier molecular flexibility index (Phi) is 4.71. The molecule has 24 heavy (non-hydrogen) atoms. The molecule has 0 spiro atoms. The minimum Gasteiger partial charge on any atom is -0.460 e. The number of primary amides is 1. The Morgan fingerprint density at radius 3 is 2.92 bits per heavy atom. The van der Waals surface area contributed by atoms with Crippen LogP contribution in [0.1, 0.15) is 23.2 Å². The van der Waals surface area contributed by atoms with Gasteiger partial charge in [-0.25, -0.2) is 14.3 Å². The van der Waals surface area contributed by atoms with E-state index in [1.54, 1.807) is 18.3 Å². The number of para-hydroxylation sites is 1. The Balaban J connectivity index is 1.64. The SMILES string of the molecule is NC(=O)N1CCCC1COC(=O)c1cnn(-c2ccccc2Cl)c1. The number of amides is 2. The van der Waals surface area contributed by atoms with Gasteiger partial charge in [0.1, 0.15) is 6.61 Å². The maximum Gasteiger partial charge on any atom is 0.341 e. The minimum atomic E-state index is -0.496. The van der Waals surface area contributed by atoms with E-state index < -0.39 is 12.0 Å². The summed E-state index contributed by atoms with van der Waals surface area (Å²) in [7, 11) is 0. The summed E-state index contributed by atoms with van der Waals surface area (Å²) < 4.78 is 6.82. The van der Waals surface area contributed by atoms with Gasteiger partial charge in [-0.1, -0.05) is 23.7 Å². The summed E-state index contributed by atoms with van der Waals surface area (Å²) in [6.07, 6.45) is 4.61. The average Bonchev–Trinajstić information content (AvgIpc) is 3.22. The monoisotopic (exact) mass is 348 g/mol. The number of likely N-dealkylation sites (tertiary alicyclic amines) is 1. The fourth-order valence-corrected chi connectivity index (χ4v) is 2.97. The van der Waals surface area contributed by atoms with Crippen LogP contribution in [-0.4, -0.2) is 45.9 Å². The number of carbonyl (C=O) groups excluding carboxylic acids is 2. The molecule has 2 aromatic rings. The molecule has 0 saturated carbocycles. The topological polar surface area (TPSA) is 90.4 Å². The molecule has 2 amide bonds. The molecule has 1 aromatic heterocycles. The lowest BCUT2D eigenvalue weighted by molar-refractivity contribution is 0.0422. The predicted octanol–water partition coefficient (Wildman–Crippen LogP) is 2.23. The number of carbonyl (C=O) groups is 2. The molecule has 0 bridgehead atoms. The standard InChI is InChI=1S/C16H17ClN4O3/c17-13-5-1-2-6-14(13)21-9-11(8-19-21)15(22)24-10-12-4-3-7-20(12)16(18)23/h1-2,5-6,8-9,12H,3-4,7,10H2,(H2,18,23). The van der Waals surface area contributed by atoms with Crippen molar-refractivity contribution in [3.05, 3.63) is 47.2 Å². The first-order valence-electron chi connectivity index (χ1n) is 7.59. The van der Waals surface area contributed by atoms with Crippen LogP contribution in [0.4, 0.5) is 4.79 Å². The van der Waals surface area contributed by atoms with Gasteiger partial charge in [-0.3, -0.25) is 0 Å². The number of aromatic nitrogens is 2. The number of halogens is 1. The highest BCUT2D eigenvalue weighted by molar-refractivity contribution is 6.32. The molecule has 2 N–H and O–H groups in total. The molecule has 1 aliphatic heterocycles. The summed E-state index contributed by atoms with van der Waals surface area (Å²) >= 11 is 6.11. The highest BCUT2D eigenvalue weighted by Crippen LogP contribution is 2.20. The van der Waals surface area contributed by atoms with E-state index >= 15 is 0 Å². The molecule has 0 aliphatic carbocycles. The highest BCUT2D eigenvalue weighted by atomic mass is 35.5. The van der Waals surface area contributed by atoms with Crippen molar-refractivity contribution in [2.75, 3.05) is 13.2 Å². The molecule has 1 saturated heterocycles. The normalized spacial score (nSPS) is 17.0. The lowest BCUT2D eigenvalue weighted by atomic mass is 10.2. The van der Waals surface area contributed by atoms with Crippen molar-refractivity contribution in [3.63, 3.8) is 0 Å². The summed E-state index contributed by atoms with van der Waals surface area (Å²) in [5.74, 6) is -0.496. The Labute approximate surface area is 143 Å². The van der Waals surface area contributed by atoms with Gasteiger partial charge in [0.15, 0.2) is 0 Å². The molecule has 8 heteroatoms. The summed E-state index contributed by atoms with van der Waals surface area (Å²) in [6, 6.07) is 6.55. The number of benzene rings is 1. The van der Waals surface area contributed by atoms with E-state index in [0.29, 0.717) is 22.8 Å². The predicted molar refractivity (Wildman–Crippen MR) is 88.2 cm³/mol. The second-order valence-corrected chi connectivity index (χ2v) is 5.96. The van der Waals surface area contributed by atoms with E-state index in [0.717, 1.165) is 12.8 Å². The molecule has 0 radical (unpaired) electrons. The third kappa shape index (κ3) is 3.35. The zero-order chi connectivity index (χ0) is 17.1. The first-order chi connectivity index (χ1) is 11.6. The second kappa shape index (κ2) is 6.92. The second-order valence-electron chi connectivity index (χ2n) is 5.55. The van der Waals surface area contributed by atoms with Gasteiger partial charge in [0.25, 0.3) is 0 Å². The number of nitrogens with two attached hydrogens (primary N) is 1. The summed E-state index contributed by atoms with van der Waals surface area (Å²) in [5.41, 5.74) is 6.30. The van der Waals surface area contributed by atoms with Crippen LogP contribution < -0.4 is 5.73 Å². The molecular weight excluding hydrogens is 332 g/mol. The molecule has 126 valence electrons. The van der Waals surface area contributed by atoms with Crippen LogP contribution in [0.15, 0.2) is 36.7 Å². The fourth-order valence-electron chi connectivity index (χ4n) is 2.75. The van der Waals surface area contributed by atoms with E-state index in [1.807, 2.05) is 12.1 Å². The van der Waals surface area contributed by atoms with Crippen molar-refractivity contribution in [1.29, 1.82) is 0 Å². The van der Waals surface area contributed by atoms with Crippen molar-refractivity contribution in [1.82, 2.24) is 14.7 Å². The van der Waals surface area contributed by atoms with E-state index in [4.69, 9.17) is 22.1 Å². The number of urea groups is 1. The number of hydrogen-bond acceptors (Lipinski definition) is 4. The maximum absolute atomic E-state index is 12.2. The van der Waals surface area contributed by atoms with Gasteiger partial charge < -0.3 is 15.4 Å². The Morgan fingerprint density at radius 1 is 1.38 bits per heavy atom. The minimum absolute atomic E-state index is 0.124. The quantitative estimate of drug-likeness (QED) is 0.858. The van der Waals surface area contributed by atoms with E-state index in [9.17, 15) is 9.59 Å². The van der Waals surface area contributed by atoms with Gasteiger partial charge in [-0.05, 0) is 25.0 Å². The first kappa shape index (κ1) is 16.3. The van der Waals surface area contributed by atoms with Crippen LogP contribution in [0.5, 0.6) is 0 Å². The van der Waals surface area contributed by atoms with Crippen molar-refractivity contribution >= 4 is 23.6 Å². The fraction of sp³-hybridized carbons (Fsp3) is 0.312. The van der Waals surface area contributed by atoms with Crippen molar-refractivity contribution in [3.8, 4) is 5.69 Å². The van der Waals surface area contributed by atoms with Crippen LogP contribution in [0, 0.1) is 0 Å². The van der Waals surface area contributed by atoms with Gasteiger partial charge in [-0.2, -0.15) is 5.10 Å². The van der Waals surface area contributed by atoms with Crippen LogP contribution in [0.25, 0.3) is 5.69 Å². The molecule has 2 heterocycles. The van der Waals surface area contributed by atoms with Gasteiger partial charge >= 0.3 is 12.0 Å². The zero-order valence-electron chi connectivity index (χ0n) is 12.9. The molecule has 1 aliphatic rings. The Bertz CT molecular complexity index is 761. The highest BCUT2D eigenvalue weighted by Gasteiger charge is 2.28. The number of esters is 1. The van der Waals surface area contributed by atoms with Crippen LogP contribution in [-0.2, 0) is 4.74 Å². The summed E-state index contributed by atoms with van der Waals surface area (Å²) in [4.78, 5) is 25.0. The van der Waals surface area contributed by atoms with Gasteiger partial charge in [0.05, 0.1) is 28.5 Å². The molecule has 1 unspecified atom stereocenters. The average molecular weight is 349 g/mol. The van der Waals surface area contributed by atoms with E-state index in [1.165, 1.54) is 15.8 Å². The number of rotatable bonds is 4. The summed E-state index contributed by atoms with van der Waals surface area (Å²) in [5, 5.41) is 4.67. The molecule has 1 aromatic carbocycles. The molecule has 7 nitrogen and oxygen atoms in total. The molecular formula is C16H17ClN4O3. The van der Waals surface area contributed by atoms with E-state index in [-0.39, 0.29) is 12.6 Å². The lowest BCUT2D eigenvalue weighted by Crippen LogP contribution is -2.41. The largest absolute Gasteiger partial charge is 0.460 e. The van der Waals surface area contributed by atoms with Crippen LogP contribution in [0.3, 0.4) is 0 Å². The number of ether oxygens (including phenoxy) is 1. The summed E-state index contributed by atoms with van der Waals surface area (Å²) in [6.45, 7) is 0.723. The first-order valence-corrected chi connectivity index (χ1v) is 7.97. The zero-order valence-corrected chi connectivity index (χ0v) is 13.6. The molecule has 3 rings (SSSR count). The Hall–Kier alpha value is -2.54. The van der Waals surface area contributed by atoms with Gasteiger partial charge in [0, 0.05) is 12.7 Å². The van der Waals surface area contributed by atoms with Crippen LogP contribution >= 0.6 is 11.6 Å². The van der Waals surface area contributed by atoms with Crippen LogP contribution in [0.2, 0.25) is 5.02 Å². The van der Waals surface area contributed by atoms with E-state index in [2.05, 4.69) is 5.10 Å². The lowest BCUT2D eigenvalue weighted by Gasteiger charge is -2.21. The molecule has 1 fully saturated rings. The molecule has 1 atom stereocenters.